The molecule has 0 fully saturated rings. The minimum atomic E-state index is -4.11. The zero-order chi connectivity index (χ0) is 15.3. The quantitative estimate of drug-likeness (QED) is 0.598. The molecule has 1 unspecified atom stereocenters. The maximum atomic E-state index is 11.5. The Morgan fingerprint density at radius 2 is 1.68 bits per heavy atom. The second-order valence-corrected chi connectivity index (χ2v) is 7.31. The van der Waals surface area contributed by atoms with Crippen molar-refractivity contribution in [3.8, 4) is 0 Å². The molecule has 1 atom stereocenters. The third kappa shape index (κ3) is 12.2. The average Bonchev–Trinajstić information content (AvgIpc) is 2.05. The van der Waals surface area contributed by atoms with Crippen molar-refractivity contribution in [3.05, 3.63) is 0 Å². The van der Waals surface area contributed by atoms with Gasteiger partial charge in [0.1, 0.15) is 5.60 Å². The first-order valence-electron chi connectivity index (χ1n) is 5.96. The van der Waals surface area contributed by atoms with Gasteiger partial charge in [0.05, 0.1) is 12.2 Å². The Morgan fingerprint density at radius 1 is 1.16 bits per heavy atom. The van der Waals surface area contributed by atoms with Crippen molar-refractivity contribution in [3.63, 3.8) is 0 Å². The lowest BCUT2D eigenvalue weighted by molar-refractivity contribution is 0.0474. The topological polar surface area (TPSA) is 94.1 Å². The summed E-state index contributed by atoms with van der Waals surface area (Å²) in [6.45, 7) is 10.0. The van der Waals surface area contributed by atoms with Crippen LogP contribution in [0, 0.1) is 0 Å². The fraction of sp³-hybridized carbons (Fsp3) is 0.909. The summed E-state index contributed by atoms with van der Waals surface area (Å²) in [5.74, 6) is 0. The van der Waals surface area contributed by atoms with Crippen LogP contribution in [0.1, 0.15) is 41.5 Å². The van der Waals surface area contributed by atoms with Crippen LogP contribution in [0.15, 0.2) is 0 Å². The van der Waals surface area contributed by atoms with E-state index in [0.717, 1.165) is 0 Å². The highest BCUT2D eigenvalue weighted by atomic mass is 31.2. The SMILES string of the molecule is CC(C)(C)OC(=O)NCCOP(=O)(O)OC(C)(C)C. The van der Waals surface area contributed by atoms with Crippen LogP contribution in [0.25, 0.3) is 0 Å². The molecule has 1 amide bonds. The number of amides is 1. The molecule has 0 aromatic carbocycles. The maximum Gasteiger partial charge on any atom is 0.472 e. The smallest absolute Gasteiger partial charge is 0.444 e. The standard InChI is InChI=1S/C11H24NO6P/c1-10(2,3)17-9(13)12-7-8-16-19(14,15)18-11(4,5)6/h7-8H2,1-6H3,(H,12,13)(H,14,15). The fourth-order valence-electron chi connectivity index (χ4n) is 1.00. The second kappa shape index (κ2) is 6.70. The molecule has 0 saturated carbocycles. The fourth-order valence-corrected chi connectivity index (χ4v) is 2.07. The third-order valence-corrected chi connectivity index (χ3v) is 2.70. The van der Waals surface area contributed by atoms with Crippen LogP contribution in [0.2, 0.25) is 0 Å². The van der Waals surface area contributed by atoms with Crippen LogP contribution in [0.4, 0.5) is 4.79 Å². The van der Waals surface area contributed by atoms with Crippen molar-refractivity contribution < 1.29 is 28.0 Å². The minimum Gasteiger partial charge on any atom is -0.444 e. The van der Waals surface area contributed by atoms with Gasteiger partial charge in [-0.1, -0.05) is 0 Å². The summed E-state index contributed by atoms with van der Waals surface area (Å²) >= 11 is 0. The zero-order valence-corrected chi connectivity index (χ0v) is 13.2. The molecule has 114 valence electrons. The van der Waals surface area contributed by atoms with Gasteiger partial charge in [0.2, 0.25) is 0 Å². The van der Waals surface area contributed by atoms with Crippen molar-refractivity contribution in [1.82, 2.24) is 5.32 Å². The molecule has 0 bridgehead atoms. The number of rotatable bonds is 5. The number of hydrogen-bond acceptors (Lipinski definition) is 5. The molecule has 0 rings (SSSR count). The zero-order valence-electron chi connectivity index (χ0n) is 12.3. The van der Waals surface area contributed by atoms with Gasteiger partial charge in [-0.15, -0.1) is 0 Å². The lowest BCUT2D eigenvalue weighted by Crippen LogP contribution is -2.34. The van der Waals surface area contributed by atoms with Crippen LogP contribution >= 0.6 is 7.82 Å². The molecule has 0 aliphatic rings. The Morgan fingerprint density at radius 3 is 2.11 bits per heavy atom. The molecule has 0 aliphatic heterocycles. The Hall–Kier alpha value is -0.620. The molecule has 2 N–H and O–H groups in total. The molecule has 0 aromatic heterocycles. The number of alkyl carbamates (subject to hydrolysis) is 1. The van der Waals surface area contributed by atoms with Gasteiger partial charge >= 0.3 is 13.9 Å². The van der Waals surface area contributed by atoms with Crippen LogP contribution in [0.3, 0.4) is 0 Å². The molecule has 0 radical (unpaired) electrons. The van der Waals surface area contributed by atoms with Crippen molar-refractivity contribution in [2.45, 2.75) is 52.7 Å². The first-order valence-corrected chi connectivity index (χ1v) is 7.45. The van der Waals surface area contributed by atoms with Crippen molar-refractivity contribution in [2.24, 2.45) is 0 Å². The first-order chi connectivity index (χ1) is 8.31. The van der Waals surface area contributed by atoms with E-state index in [9.17, 15) is 14.3 Å². The summed E-state index contributed by atoms with van der Waals surface area (Å²) in [6.07, 6.45) is -0.611. The highest BCUT2D eigenvalue weighted by molar-refractivity contribution is 7.47. The van der Waals surface area contributed by atoms with E-state index in [1.54, 1.807) is 41.5 Å². The molecule has 0 heterocycles. The maximum absolute atomic E-state index is 11.5. The average molecular weight is 297 g/mol. The van der Waals surface area contributed by atoms with Crippen molar-refractivity contribution in [1.29, 1.82) is 0 Å². The van der Waals surface area contributed by atoms with Gasteiger partial charge in [0.25, 0.3) is 0 Å². The van der Waals surface area contributed by atoms with E-state index >= 15 is 0 Å². The molecule has 0 saturated heterocycles. The number of nitrogens with one attached hydrogen (secondary N) is 1. The van der Waals surface area contributed by atoms with Crippen LogP contribution in [-0.4, -0.2) is 35.3 Å². The van der Waals surface area contributed by atoms with Gasteiger partial charge < -0.3 is 14.9 Å². The highest BCUT2D eigenvalue weighted by Gasteiger charge is 2.28. The largest absolute Gasteiger partial charge is 0.472 e. The predicted octanol–water partition coefficient (Wildman–Crippen LogP) is 2.44. The van der Waals surface area contributed by atoms with Gasteiger partial charge in [0, 0.05) is 6.54 Å². The van der Waals surface area contributed by atoms with Crippen LogP contribution < -0.4 is 5.32 Å². The normalized spacial score (nSPS) is 15.7. The van der Waals surface area contributed by atoms with Gasteiger partial charge in [0.15, 0.2) is 0 Å². The minimum absolute atomic E-state index is 0.0486. The van der Waals surface area contributed by atoms with Crippen molar-refractivity contribution >= 4 is 13.9 Å². The Kier molecular flexibility index (Phi) is 6.48. The van der Waals surface area contributed by atoms with Gasteiger partial charge in [-0.05, 0) is 41.5 Å². The molecular weight excluding hydrogens is 273 g/mol. The number of ether oxygens (including phenoxy) is 1. The summed E-state index contributed by atoms with van der Waals surface area (Å²) in [6, 6.07) is 0. The number of carbonyl (C=O) groups is 1. The highest BCUT2D eigenvalue weighted by Crippen LogP contribution is 2.46. The van der Waals surface area contributed by atoms with Crippen LogP contribution in [-0.2, 0) is 18.3 Å². The van der Waals surface area contributed by atoms with Crippen LogP contribution in [0.5, 0.6) is 0 Å². The van der Waals surface area contributed by atoms with Crippen molar-refractivity contribution in [2.75, 3.05) is 13.2 Å². The Bertz CT molecular complexity index is 344. The van der Waals surface area contributed by atoms with E-state index in [2.05, 4.69) is 5.32 Å². The number of carbonyl (C=O) groups excluding carboxylic acids is 1. The summed E-state index contributed by atoms with van der Waals surface area (Å²) in [5.41, 5.74) is -1.38. The third-order valence-electron chi connectivity index (χ3n) is 1.41. The Balaban J connectivity index is 3.92. The van der Waals surface area contributed by atoms with E-state index < -0.39 is 25.1 Å². The molecule has 0 aromatic rings. The van der Waals surface area contributed by atoms with E-state index in [1.807, 2.05) is 0 Å². The molecule has 8 heteroatoms. The lowest BCUT2D eigenvalue weighted by atomic mass is 10.2. The van der Waals surface area contributed by atoms with Gasteiger partial charge in [-0.25, -0.2) is 9.36 Å². The lowest BCUT2D eigenvalue weighted by Gasteiger charge is -2.23. The molecule has 0 spiro atoms. The summed E-state index contributed by atoms with van der Waals surface area (Å²) < 4.78 is 26.0. The Labute approximate surface area is 114 Å². The molecule has 19 heavy (non-hydrogen) atoms. The number of hydrogen-bond donors (Lipinski definition) is 2. The van der Waals surface area contributed by atoms with E-state index in [-0.39, 0.29) is 13.2 Å². The molecule has 0 aliphatic carbocycles. The number of phosphoric acid groups is 1. The summed E-state index contributed by atoms with van der Waals surface area (Å²) in [7, 11) is -4.11. The van der Waals surface area contributed by atoms with E-state index in [0.29, 0.717) is 0 Å². The number of phosphoric ester groups is 1. The molecular formula is C11H24NO6P. The van der Waals surface area contributed by atoms with E-state index in [1.165, 1.54) is 0 Å². The predicted molar refractivity (Wildman–Crippen MR) is 70.9 cm³/mol. The first kappa shape index (κ1) is 18.4. The second-order valence-electron chi connectivity index (χ2n) is 5.93. The molecule has 7 nitrogen and oxygen atoms in total. The summed E-state index contributed by atoms with van der Waals surface area (Å²) in [5, 5.41) is 2.40. The van der Waals surface area contributed by atoms with E-state index in [4.69, 9.17) is 13.8 Å². The van der Waals surface area contributed by atoms with Gasteiger partial charge in [-0.3, -0.25) is 9.05 Å². The summed E-state index contributed by atoms with van der Waals surface area (Å²) in [4.78, 5) is 20.6. The van der Waals surface area contributed by atoms with Gasteiger partial charge in [-0.2, -0.15) is 0 Å². The monoisotopic (exact) mass is 297 g/mol.